The Balaban J connectivity index is 1.27. The summed E-state index contributed by atoms with van der Waals surface area (Å²) < 4.78 is 12.4. The van der Waals surface area contributed by atoms with Crippen LogP contribution in [0.3, 0.4) is 0 Å². The molecule has 6 aromatic rings. The van der Waals surface area contributed by atoms with Gasteiger partial charge in [0.2, 0.25) is 11.8 Å². The summed E-state index contributed by atoms with van der Waals surface area (Å²) in [4.78, 5) is 66.0. The van der Waals surface area contributed by atoms with Crippen LogP contribution in [0.25, 0.3) is 0 Å². The van der Waals surface area contributed by atoms with Crippen LogP contribution in [-0.4, -0.2) is 71.6 Å². The third-order valence-corrected chi connectivity index (χ3v) is 13.0. The van der Waals surface area contributed by atoms with E-state index < -0.39 is 65.4 Å². The van der Waals surface area contributed by atoms with E-state index in [0.29, 0.717) is 41.1 Å². The van der Waals surface area contributed by atoms with E-state index in [0.717, 1.165) is 21.6 Å². The summed E-state index contributed by atoms with van der Waals surface area (Å²) in [5.74, 6) is 2.97. The molecule has 0 aliphatic carbocycles. The Morgan fingerprint density at radius 1 is 0.821 bits per heavy atom. The first-order valence-electron chi connectivity index (χ1n) is 22.4. The number of benzene rings is 6. The molecule has 7 atom stereocenters. The third-order valence-electron chi connectivity index (χ3n) is 13.0. The normalized spacial score (nSPS) is 22.3. The van der Waals surface area contributed by atoms with Gasteiger partial charge in [0.05, 0.1) is 42.9 Å². The maximum absolute atomic E-state index is 16.3. The van der Waals surface area contributed by atoms with Crippen molar-refractivity contribution in [2.45, 2.75) is 49.2 Å². The lowest BCUT2D eigenvalue weighted by Gasteiger charge is -2.46. The maximum Gasteiger partial charge on any atom is 0.329 e. The molecule has 0 saturated carbocycles. The molecule has 3 aliphatic heterocycles. The number of carbonyl (C=O) groups excluding carboxylic acids is 4. The summed E-state index contributed by atoms with van der Waals surface area (Å²) in [6.45, 7) is 2.65. The number of fused-ring (bicyclic) bond motifs is 3. The van der Waals surface area contributed by atoms with Crippen LogP contribution in [0.15, 0.2) is 164 Å². The number of ether oxygens (including phenoxy) is 2. The number of carbonyl (C=O) groups is 4. The SMILES string of the molecule is C[C@@H](NC(=O)N1C(=O)[C@@]2(c3cc(C#CCN(C)Cc4ccccc4)ccc31)[C@H](c1cccc(OCCO)c1)N1[C@H](c3ccccc3)[C@H](c3ccccc3)OC(=O)[C@H]1[C@@H]2C(N)=O)c1ccccc1. The van der Waals surface area contributed by atoms with Crippen molar-refractivity contribution in [3.63, 3.8) is 0 Å². The second kappa shape index (κ2) is 19.1. The van der Waals surface area contributed by atoms with Crippen LogP contribution in [0, 0.1) is 17.8 Å². The minimum atomic E-state index is -2.02. The Kier molecular flexibility index (Phi) is 12.7. The minimum Gasteiger partial charge on any atom is -0.491 e. The fourth-order valence-electron chi connectivity index (χ4n) is 10.3. The van der Waals surface area contributed by atoms with Crippen molar-refractivity contribution in [1.82, 2.24) is 15.1 Å². The Labute approximate surface area is 389 Å². The van der Waals surface area contributed by atoms with Crippen molar-refractivity contribution in [1.29, 1.82) is 0 Å². The predicted octanol–water partition coefficient (Wildman–Crippen LogP) is 7.16. The van der Waals surface area contributed by atoms with Crippen LogP contribution in [0.2, 0.25) is 0 Å². The molecule has 9 rings (SSSR count). The number of cyclic esters (lactones) is 1. The molecule has 2 saturated heterocycles. The highest BCUT2D eigenvalue weighted by Crippen LogP contribution is 2.66. The molecule has 12 nitrogen and oxygen atoms in total. The molecule has 67 heavy (non-hydrogen) atoms. The Hall–Kier alpha value is -7.56. The van der Waals surface area contributed by atoms with Gasteiger partial charge in [0.1, 0.15) is 29.9 Å². The molecule has 6 aromatic carbocycles. The van der Waals surface area contributed by atoms with E-state index in [4.69, 9.17) is 15.2 Å². The zero-order valence-electron chi connectivity index (χ0n) is 37.2. The molecule has 3 heterocycles. The van der Waals surface area contributed by atoms with Gasteiger partial charge in [-0.05, 0) is 77.7 Å². The van der Waals surface area contributed by atoms with E-state index in [1.807, 2.05) is 134 Å². The number of esters is 1. The molecular formula is C55H51N5O7. The number of nitrogens with zero attached hydrogens (tertiary/aromatic N) is 3. The minimum absolute atomic E-state index is 0.0115. The average molecular weight is 894 g/mol. The van der Waals surface area contributed by atoms with Gasteiger partial charge in [0.25, 0.3) is 0 Å². The Bertz CT molecular complexity index is 2840. The third kappa shape index (κ3) is 8.34. The monoisotopic (exact) mass is 893 g/mol. The Morgan fingerprint density at radius 3 is 2.13 bits per heavy atom. The van der Waals surface area contributed by atoms with Gasteiger partial charge >= 0.3 is 12.0 Å². The first-order valence-corrected chi connectivity index (χ1v) is 22.4. The highest BCUT2D eigenvalue weighted by Gasteiger charge is 2.75. The number of nitrogens with one attached hydrogen (secondary N) is 1. The van der Waals surface area contributed by atoms with Gasteiger partial charge in [-0.3, -0.25) is 24.2 Å². The number of morpholine rings is 1. The van der Waals surface area contributed by atoms with E-state index in [1.54, 1.807) is 36.4 Å². The van der Waals surface area contributed by atoms with Crippen molar-refractivity contribution in [3.8, 4) is 17.6 Å². The lowest BCUT2D eigenvalue weighted by molar-refractivity contribution is -0.178. The zero-order valence-corrected chi connectivity index (χ0v) is 37.2. The van der Waals surface area contributed by atoms with Crippen LogP contribution >= 0.6 is 0 Å². The second-order valence-electron chi connectivity index (χ2n) is 17.2. The number of hydrogen-bond donors (Lipinski definition) is 3. The fraction of sp³-hybridized carbons (Fsp3) is 0.236. The number of hydrogen-bond acceptors (Lipinski definition) is 9. The molecule has 338 valence electrons. The summed E-state index contributed by atoms with van der Waals surface area (Å²) in [6.07, 6.45) is -0.903. The van der Waals surface area contributed by atoms with Gasteiger partial charge in [-0.2, -0.15) is 0 Å². The lowest BCUT2D eigenvalue weighted by atomic mass is 9.65. The summed E-state index contributed by atoms with van der Waals surface area (Å²) >= 11 is 0. The van der Waals surface area contributed by atoms with Crippen LogP contribution < -0.4 is 20.7 Å². The number of anilines is 1. The van der Waals surface area contributed by atoms with Crippen molar-refractivity contribution in [2.24, 2.45) is 11.7 Å². The molecule has 12 heteroatoms. The van der Waals surface area contributed by atoms with Gasteiger partial charge < -0.3 is 25.6 Å². The largest absolute Gasteiger partial charge is 0.491 e. The maximum atomic E-state index is 16.3. The Morgan fingerprint density at radius 2 is 1.46 bits per heavy atom. The molecule has 2 fully saturated rings. The van der Waals surface area contributed by atoms with Gasteiger partial charge in [0.15, 0.2) is 0 Å². The molecule has 1 spiro atoms. The van der Waals surface area contributed by atoms with Gasteiger partial charge in [-0.15, -0.1) is 0 Å². The van der Waals surface area contributed by atoms with Gasteiger partial charge in [-0.25, -0.2) is 9.69 Å². The van der Waals surface area contributed by atoms with Crippen molar-refractivity contribution in [2.75, 3.05) is 31.7 Å². The number of rotatable bonds is 12. The number of amides is 4. The van der Waals surface area contributed by atoms with E-state index in [2.05, 4.69) is 34.2 Å². The van der Waals surface area contributed by atoms with Gasteiger partial charge in [0, 0.05) is 12.1 Å². The van der Waals surface area contributed by atoms with E-state index in [1.165, 1.54) is 0 Å². The van der Waals surface area contributed by atoms with Crippen molar-refractivity contribution in [3.05, 3.63) is 203 Å². The van der Waals surface area contributed by atoms with E-state index in [-0.39, 0.29) is 18.9 Å². The fourth-order valence-corrected chi connectivity index (χ4v) is 10.3. The average Bonchev–Trinajstić information content (AvgIpc) is 3.81. The molecule has 3 aliphatic rings. The number of aliphatic hydroxyl groups is 1. The number of urea groups is 1. The van der Waals surface area contributed by atoms with Gasteiger partial charge in [-0.1, -0.05) is 145 Å². The van der Waals surface area contributed by atoms with Crippen molar-refractivity contribution < 1.29 is 33.8 Å². The summed E-state index contributed by atoms with van der Waals surface area (Å²) in [6, 6.07) is 46.0. The topological polar surface area (TPSA) is 155 Å². The molecule has 0 bridgehead atoms. The molecular weight excluding hydrogens is 843 g/mol. The standard InChI is InChI=1S/C55H51N5O7/c1-36(39-20-9-4-10-21-39)57-54(65)59-45-29-28-37(19-16-30-58(2)35-38-17-7-3-8-18-38)33-44(45)55(53(59)64)46(51(56)62)48-52(63)67-49(41-24-13-6-14-25-41)47(40-22-11-5-12-23-40)60(48)50(55)42-26-15-27-43(34-42)66-32-31-61/h3-15,17-18,20-29,33-34,36,46-50,61H,30-32,35H2,1-2H3,(H2,56,62)(H,57,65)/t36-,46-,47-,48-,49+,50+,55-/m1/s1. The van der Waals surface area contributed by atoms with Crippen molar-refractivity contribution >= 4 is 29.5 Å². The number of primary amides is 1. The smallest absolute Gasteiger partial charge is 0.329 e. The van der Waals surface area contributed by atoms with Crippen LogP contribution in [0.4, 0.5) is 10.5 Å². The molecule has 4 N–H and O–H groups in total. The van der Waals surface area contributed by atoms with Crippen LogP contribution in [0.5, 0.6) is 5.75 Å². The quantitative estimate of drug-likeness (QED) is 0.0858. The second-order valence-corrected chi connectivity index (χ2v) is 17.2. The zero-order chi connectivity index (χ0) is 46.7. The predicted molar refractivity (Wildman–Crippen MR) is 253 cm³/mol. The first-order chi connectivity index (χ1) is 32.6. The molecule has 0 radical (unpaired) electrons. The highest BCUT2D eigenvalue weighted by molar-refractivity contribution is 6.24. The van der Waals surface area contributed by atoms with Crippen LogP contribution in [0.1, 0.15) is 70.1 Å². The van der Waals surface area contributed by atoms with E-state index >= 15 is 9.59 Å². The van der Waals surface area contributed by atoms with E-state index in [9.17, 15) is 14.7 Å². The molecule has 4 amide bonds. The number of imide groups is 1. The highest BCUT2D eigenvalue weighted by atomic mass is 16.6. The first kappa shape index (κ1) is 44.6. The summed E-state index contributed by atoms with van der Waals surface area (Å²) in [5.41, 5.74) is 9.51. The number of aliphatic hydroxyl groups excluding tert-OH is 1. The van der Waals surface area contributed by atoms with Crippen LogP contribution in [-0.2, 0) is 31.1 Å². The summed E-state index contributed by atoms with van der Waals surface area (Å²) in [5, 5.41) is 12.8. The molecule has 0 unspecified atom stereocenters. The number of nitrogens with two attached hydrogens (primary N) is 1. The molecule has 0 aromatic heterocycles. The lowest BCUT2D eigenvalue weighted by Crippen LogP contribution is -2.55. The summed E-state index contributed by atoms with van der Waals surface area (Å²) in [7, 11) is 1.98.